The molecule has 2 rings (SSSR count). The number of aromatic carboxylic acids is 1. The van der Waals surface area contributed by atoms with E-state index >= 15 is 0 Å². The molecule has 0 spiro atoms. The number of hydrogen-bond donors (Lipinski definition) is 3. The Labute approximate surface area is 225 Å². The van der Waals surface area contributed by atoms with Gasteiger partial charge in [0.25, 0.3) is 0 Å². The number of nitrogens with zero attached hydrogens (tertiary/aromatic N) is 1. The number of rotatable bonds is 19. The Kier molecular flexibility index (Phi) is 14.6. The van der Waals surface area contributed by atoms with Gasteiger partial charge in [-0.25, -0.2) is 9.78 Å². The Bertz CT molecular complexity index is 958. The number of carbonyl (C=O) groups excluding carboxylic acids is 2. The summed E-state index contributed by atoms with van der Waals surface area (Å²) in [5.74, 6) is -1.24. The number of unbranched alkanes of at least 4 members (excludes halogenated alkanes) is 9. The van der Waals surface area contributed by atoms with Gasteiger partial charge >= 0.3 is 5.97 Å². The van der Waals surface area contributed by atoms with Gasteiger partial charge in [-0.1, -0.05) is 83.8 Å². The van der Waals surface area contributed by atoms with Crippen molar-refractivity contribution in [2.75, 3.05) is 6.54 Å². The van der Waals surface area contributed by atoms with Gasteiger partial charge in [-0.2, -0.15) is 0 Å². The summed E-state index contributed by atoms with van der Waals surface area (Å²) < 4.78 is 0. The minimum atomic E-state index is -0.965. The number of hydrogen-bond acceptors (Lipinski definition) is 5. The zero-order chi connectivity index (χ0) is 26.9. The lowest BCUT2D eigenvalue weighted by molar-refractivity contribution is -0.129. The van der Waals surface area contributed by atoms with E-state index in [0.717, 1.165) is 60.4 Å². The van der Waals surface area contributed by atoms with Gasteiger partial charge < -0.3 is 15.7 Å². The summed E-state index contributed by atoms with van der Waals surface area (Å²) in [4.78, 5) is 42.1. The summed E-state index contributed by atoms with van der Waals surface area (Å²) in [7, 11) is 0. The Balaban J connectivity index is 1.95. The molecule has 0 saturated carbocycles. The van der Waals surface area contributed by atoms with Gasteiger partial charge in [0.15, 0.2) is 0 Å². The highest BCUT2D eigenvalue weighted by atomic mass is 32.1. The minimum absolute atomic E-state index is 0.0965. The lowest BCUT2D eigenvalue weighted by Gasteiger charge is -2.18. The van der Waals surface area contributed by atoms with E-state index in [1.54, 1.807) is 30.5 Å². The fourth-order valence-electron chi connectivity index (χ4n) is 4.09. The first kappa shape index (κ1) is 30.5. The zero-order valence-corrected chi connectivity index (χ0v) is 23.2. The van der Waals surface area contributed by atoms with Crippen LogP contribution in [0.4, 0.5) is 0 Å². The summed E-state index contributed by atoms with van der Waals surface area (Å²) in [6.45, 7) is 4.95. The molecule has 37 heavy (non-hydrogen) atoms. The molecular weight excluding hydrogens is 486 g/mol. The van der Waals surface area contributed by atoms with Gasteiger partial charge in [-0.15, -0.1) is 11.3 Å². The highest BCUT2D eigenvalue weighted by molar-refractivity contribution is 7.15. The van der Waals surface area contributed by atoms with Crippen molar-refractivity contribution >= 4 is 29.1 Å². The largest absolute Gasteiger partial charge is 0.478 e. The van der Waals surface area contributed by atoms with Crippen molar-refractivity contribution in [3.05, 3.63) is 41.0 Å². The summed E-state index contributed by atoms with van der Waals surface area (Å²) >= 11 is 1.45. The Hall–Kier alpha value is -2.74. The number of nitrogens with one attached hydrogen (secondary N) is 2. The molecule has 1 atom stereocenters. The van der Waals surface area contributed by atoms with Gasteiger partial charge in [0.05, 0.1) is 15.4 Å². The van der Waals surface area contributed by atoms with Crippen LogP contribution in [0.1, 0.15) is 106 Å². The standard InChI is InChI=1S/C29H43N3O4S/c1-3-5-7-9-10-11-12-14-26(33)32-24(28(34)30-19-13-8-6-4-2)20-27-31-21-25(37-27)22-15-17-23(18-16-22)29(35)36/h15-18,21,24H,3-14,19-20H2,1-2H3,(H,30,34)(H,32,33)(H,35,36). The normalized spacial score (nSPS) is 11.7. The zero-order valence-electron chi connectivity index (χ0n) is 22.4. The third-order valence-corrected chi connectivity index (χ3v) is 7.41. The molecule has 204 valence electrons. The molecule has 2 amide bonds. The van der Waals surface area contributed by atoms with Crippen molar-refractivity contribution in [3.63, 3.8) is 0 Å². The Morgan fingerprint density at radius 2 is 1.51 bits per heavy atom. The molecule has 8 heteroatoms. The van der Waals surface area contributed by atoms with Crippen LogP contribution in [0.15, 0.2) is 30.5 Å². The molecule has 0 aliphatic carbocycles. The van der Waals surface area contributed by atoms with Crippen molar-refractivity contribution in [3.8, 4) is 10.4 Å². The first-order chi connectivity index (χ1) is 17.9. The second-order valence-corrected chi connectivity index (χ2v) is 10.7. The fourth-order valence-corrected chi connectivity index (χ4v) is 5.06. The molecule has 0 saturated heterocycles. The molecule has 1 aromatic carbocycles. The lowest BCUT2D eigenvalue weighted by atomic mass is 10.1. The molecule has 2 aromatic rings. The number of amides is 2. The summed E-state index contributed by atoms with van der Waals surface area (Å²) in [6.07, 6.45) is 14.7. The van der Waals surface area contributed by atoms with Crippen molar-refractivity contribution in [1.29, 1.82) is 0 Å². The number of thiazole rings is 1. The van der Waals surface area contributed by atoms with Crippen molar-refractivity contribution < 1.29 is 19.5 Å². The maximum absolute atomic E-state index is 13.0. The van der Waals surface area contributed by atoms with E-state index in [0.29, 0.717) is 19.4 Å². The van der Waals surface area contributed by atoms with E-state index in [1.807, 2.05) is 0 Å². The monoisotopic (exact) mass is 529 g/mol. The van der Waals surface area contributed by atoms with Crippen LogP contribution in [0, 0.1) is 0 Å². The van der Waals surface area contributed by atoms with Crippen LogP contribution in [0.25, 0.3) is 10.4 Å². The van der Waals surface area contributed by atoms with E-state index in [2.05, 4.69) is 29.5 Å². The fraction of sp³-hybridized carbons (Fsp3) is 0.586. The summed E-state index contributed by atoms with van der Waals surface area (Å²) in [5.41, 5.74) is 1.10. The molecule has 0 aliphatic rings. The van der Waals surface area contributed by atoms with E-state index in [-0.39, 0.29) is 17.4 Å². The summed E-state index contributed by atoms with van der Waals surface area (Å²) in [6, 6.07) is 5.97. The molecule has 1 aromatic heterocycles. The molecule has 3 N–H and O–H groups in total. The van der Waals surface area contributed by atoms with Crippen LogP contribution in [-0.2, 0) is 16.0 Å². The molecule has 1 heterocycles. The molecule has 0 bridgehead atoms. The molecule has 0 radical (unpaired) electrons. The van der Waals surface area contributed by atoms with Crippen LogP contribution < -0.4 is 10.6 Å². The topological polar surface area (TPSA) is 108 Å². The van der Waals surface area contributed by atoms with Gasteiger partial charge in [0, 0.05) is 25.6 Å². The minimum Gasteiger partial charge on any atom is -0.478 e. The Morgan fingerprint density at radius 1 is 0.892 bits per heavy atom. The highest BCUT2D eigenvalue weighted by Crippen LogP contribution is 2.27. The number of carboxylic acid groups (broad SMARTS) is 1. The van der Waals surface area contributed by atoms with E-state index in [1.165, 1.54) is 37.0 Å². The molecule has 0 fully saturated rings. The number of carbonyl (C=O) groups is 3. The summed E-state index contributed by atoms with van der Waals surface area (Å²) in [5, 5.41) is 15.8. The maximum atomic E-state index is 13.0. The number of benzene rings is 1. The third kappa shape index (κ3) is 11.9. The van der Waals surface area contributed by atoms with Gasteiger partial charge in [0.2, 0.25) is 11.8 Å². The van der Waals surface area contributed by atoms with Gasteiger partial charge in [-0.05, 0) is 30.5 Å². The van der Waals surface area contributed by atoms with Crippen LogP contribution in [0.3, 0.4) is 0 Å². The first-order valence-electron chi connectivity index (χ1n) is 13.8. The van der Waals surface area contributed by atoms with E-state index in [9.17, 15) is 14.4 Å². The SMILES string of the molecule is CCCCCCCCCC(=O)NC(Cc1ncc(-c2ccc(C(=O)O)cc2)s1)C(=O)NCCCCCC. The second kappa shape index (κ2) is 17.7. The van der Waals surface area contributed by atoms with Crippen molar-refractivity contribution in [2.24, 2.45) is 0 Å². The Morgan fingerprint density at radius 3 is 2.16 bits per heavy atom. The van der Waals surface area contributed by atoms with Crippen molar-refractivity contribution in [1.82, 2.24) is 15.6 Å². The molecule has 7 nitrogen and oxygen atoms in total. The van der Waals surface area contributed by atoms with Gasteiger partial charge in [0.1, 0.15) is 6.04 Å². The number of carboxylic acids is 1. The molecular formula is C29H43N3O4S. The second-order valence-electron chi connectivity index (χ2n) is 9.55. The average Bonchev–Trinajstić information content (AvgIpc) is 3.36. The number of aromatic nitrogens is 1. The predicted octanol–water partition coefficient (Wildman–Crippen LogP) is 6.37. The average molecular weight is 530 g/mol. The molecule has 1 unspecified atom stereocenters. The quantitative estimate of drug-likeness (QED) is 0.183. The van der Waals surface area contributed by atoms with Crippen LogP contribution in [-0.4, -0.2) is 40.5 Å². The first-order valence-corrected chi connectivity index (χ1v) is 14.6. The van der Waals surface area contributed by atoms with E-state index < -0.39 is 12.0 Å². The van der Waals surface area contributed by atoms with Crippen LogP contribution in [0.5, 0.6) is 0 Å². The highest BCUT2D eigenvalue weighted by Gasteiger charge is 2.22. The van der Waals surface area contributed by atoms with Crippen LogP contribution >= 0.6 is 11.3 Å². The van der Waals surface area contributed by atoms with Crippen molar-refractivity contribution in [2.45, 2.75) is 103 Å². The smallest absolute Gasteiger partial charge is 0.335 e. The van der Waals surface area contributed by atoms with Crippen LogP contribution in [0.2, 0.25) is 0 Å². The lowest BCUT2D eigenvalue weighted by Crippen LogP contribution is -2.48. The maximum Gasteiger partial charge on any atom is 0.335 e. The molecule has 0 aliphatic heterocycles. The van der Waals surface area contributed by atoms with E-state index in [4.69, 9.17) is 5.11 Å². The third-order valence-electron chi connectivity index (χ3n) is 6.34. The predicted molar refractivity (Wildman–Crippen MR) is 150 cm³/mol. The van der Waals surface area contributed by atoms with Gasteiger partial charge in [-0.3, -0.25) is 9.59 Å².